The molecule has 186 valence electrons. The van der Waals surface area contributed by atoms with E-state index in [0.29, 0.717) is 6.04 Å². The Balaban J connectivity index is 0.00000171. The van der Waals surface area contributed by atoms with Crippen molar-refractivity contribution >= 4 is 35.8 Å². The highest BCUT2D eigenvalue weighted by Crippen LogP contribution is 2.26. The third-order valence-electron chi connectivity index (χ3n) is 6.84. The summed E-state index contributed by atoms with van der Waals surface area (Å²) in [6.07, 6.45) is 2.02. The van der Waals surface area contributed by atoms with E-state index in [1.54, 1.807) is 0 Å². The van der Waals surface area contributed by atoms with E-state index in [1.807, 2.05) is 28.8 Å². The Hall–Kier alpha value is -2.57. The second-order valence-electron chi connectivity index (χ2n) is 8.95. The lowest BCUT2D eigenvalue weighted by molar-refractivity contribution is 0.0939. The molecule has 0 radical (unpaired) electrons. The first-order chi connectivity index (χ1) is 16.3. The first-order valence-electron chi connectivity index (χ1n) is 12.0. The Morgan fingerprint density at radius 1 is 0.743 bits per heavy atom. The van der Waals surface area contributed by atoms with E-state index in [9.17, 15) is 4.79 Å². The minimum atomic E-state index is -0.00682. The van der Waals surface area contributed by atoms with Crippen LogP contribution in [0.4, 0.5) is 0 Å². The molecule has 1 aliphatic rings. The fraction of sp³-hybridized carbons (Fsp3) is 0.321. The molecule has 5 nitrogen and oxygen atoms in total. The van der Waals surface area contributed by atoms with E-state index in [2.05, 4.69) is 75.4 Å². The minimum absolute atomic E-state index is 0. The zero-order valence-corrected chi connectivity index (χ0v) is 21.5. The number of hydrogen-bond donors (Lipinski definition) is 1. The molecule has 7 heteroatoms. The van der Waals surface area contributed by atoms with Crippen LogP contribution in [-0.2, 0) is 13.0 Å². The lowest BCUT2D eigenvalue weighted by Crippen LogP contribution is -2.48. The topological polar surface area (TPSA) is 44.3 Å². The van der Waals surface area contributed by atoms with Gasteiger partial charge in [0.05, 0.1) is 11.0 Å². The molecular formula is C28H34Cl2N4O. The van der Waals surface area contributed by atoms with Crippen molar-refractivity contribution in [3.05, 3.63) is 107 Å². The monoisotopic (exact) mass is 512 g/mol. The van der Waals surface area contributed by atoms with Crippen LogP contribution >= 0.6 is 24.8 Å². The molecule has 0 saturated carbocycles. The molecule has 2 heterocycles. The highest BCUT2D eigenvalue weighted by molar-refractivity contribution is 5.85. The van der Waals surface area contributed by atoms with Crippen LogP contribution < -0.4 is 5.69 Å². The van der Waals surface area contributed by atoms with E-state index in [1.165, 1.54) is 11.1 Å². The Labute approximate surface area is 219 Å². The van der Waals surface area contributed by atoms with Gasteiger partial charge >= 0.3 is 5.69 Å². The van der Waals surface area contributed by atoms with Crippen LogP contribution in [0.5, 0.6) is 0 Å². The lowest BCUT2D eigenvalue weighted by Gasteiger charge is -2.39. The molecule has 0 amide bonds. The van der Waals surface area contributed by atoms with Gasteiger partial charge < -0.3 is 9.88 Å². The van der Waals surface area contributed by atoms with E-state index < -0.39 is 0 Å². The number of rotatable bonds is 8. The third kappa shape index (κ3) is 6.56. The van der Waals surface area contributed by atoms with Crippen LogP contribution in [0.25, 0.3) is 11.0 Å². The molecule has 0 bridgehead atoms. The summed E-state index contributed by atoms with van der Waals surface area (Å²) in [5, 5.41) is 0. The SMILES string of the molecule is Cl.Cl.O=c1[nH]c2ccccc2n1CCCN1CCN(C(Cc2ccccc2)c2ccccc2)CC1. The van der Waals surface area contributed by atoms with Crippen LogP contribution in [0.2, 0.25) is 0 Å². The number of halogens is 2. The van der Waals surface area contributed by atoms with Gasteiger partial charge in [-0.2, -0.15) is 0 Å². The maximum atomic E-state index is 12.3. The van der Waals surface area contributed by atoms with E-state index in [4.69, 9.17) is 0 Å². The molecule has 35 heavy (non-hydrogen) atoms. The van der Waals surface area contributed by atoms with Gasteiger partial charge in [-0.1, -0.05) is 72.8 Å². The zero-order valence-electron chi connectivity index (χ0n) is 19.9. The summed E-state index contributed by atoms with van der Waals surface area (Å²) in [6.45, 7) is 6.05. The average molecular weight is 514 g/mol. The van der Waals surface area contributed by atoms with E-state index in [-0.39, 0.29) is 30.5 Å². The number of piperazine rings is 1. The Morgan fingerprint density at radius 2 is 1.37 bits per heavy atom. The minimum Gasteiger partial charge on any atom is -0.306 e. The van der Waals surface area contributed by atoms with Gasteiger partial charge in [0.2, 0.25) is 0 Å². The summed E-state index contributed by atoms with van der Waals surface area (Å²) in [5.41, 5.74) is 4.69. The molecule has 1 unspecified atom stereocenters. The van der Waals surface area contributed by atoms with Crippen LogP contribution in [0.15, 0.2) is 89.7 Å². The Bertz CT molecular complexity index is 1220. The largest absolute Gasteiger partial charge is 0.326 e. The number of fused-ring (bicyclic) bond motifs is 1. The molecule has 0 spiro atoms. The fourth-order valence-electron chi connectivity index (χ4n) is 5.05. The number of imidazole rings is 1. The standard InChI is InChI=1S/C28H32N4O.2ClH/c33-28-29-25-14-7-8-15-26(25)32(28)17-9-16-30-18-20-31(21-19-30)27(24-12-5-2-6-13-24)22-23-10-3-1-4-11-23;;/h1-8,10-15,27H,9,16-22H2,(H,29,33);2*1H. The van der Waals surface area contributed by atoms with E-state index in [0.717, 1.165) is 63.1 Å². The Kier molecular flexibility index (Phi) is 9.99. The van der Waals surface area contributed by atoms with Gasteiger partial charge in [-0.3, -0.25) is 9.47 Å². The van der Waals surface area contributed by atoms with Gasteiger partial charge in [0.15, 0.2) is 0 Å². The number of nitrogens with one attached hydrogen (secondary N) is 1. The molecule has 1 aromatic heterocycles. The molecule has 1 atom stereocenters. The van der Waals surface area contributed by atoms with E-state index >= 15 is 0 Å². The summed E-state index contributed by atoms with van der Waals surface area (Å²) in [6, 6.07) is 30.1. The number of hydrogen-bond acceptors (Lipinski definition) is 3. The second kappa shape index (κ2) is 12.9. The highest BCUT2D eigenvalue weighted by atomic mass is 35.5. The number of benzene rings is 3. The summed E-state index contributed by atoms with van der Waals surface area (Å²) in [5.74, 6) is 0. The van der Waals surface area contributed by atoms with Crippen molar-refractivity contribution in [1.29, 1.82) is 0 Å². The summed E-state index contributed by atoms with van der Waals surface area (Å²) in [4.78, 5) is 20.5. The summed E-state index contributed by atoms with van der Waals surface area (Å²) < 4.78 is 1.87. The van der Waals surface area contributed by atoms with Crippen molar-refractivity contribution in [2.24, 2.45) is 0 Å². The van der Waals surface area contributed by atoms with Crippen molar-refractivity contribution in [3.8, 4) is 0 Å². The molecule has 1 fully saturated rings. The molecule has 1 saturated heterocycles. The number of aryl methyl sites for hydroxylation is 1. The van der Waals surface area contributed by atoms with Crippen LogP contribution in [-0.4, -0.2) is 52.1 Å². The van der Waals surface area contributed by atoms with Crippen molar-refractivity contribution in [1.82, 2.24) is 19.4 Å². The van der Waals surface area contributed by atoms with Gasteiger partial charge in [-0.25, -0.2) is 4.79 Å². The number of nitrogens with zero attached hydrogens (tertiary/aromatic N) is 3. The van der Waals surface area contributed by atoms with Crippen molar-refractivity contribution in [3.63, 3.8) is 0 Å². The summed E-state index contributed by atoms with van der Waals surface area (Å²) in [7, 11) is 0. The van der Waals surface area contributed by atoms with Gasteiger partial charge in [0, 0.05) is 38.8 Å². The quantitative estimate of drug-likeness (QED) is 0.354. The van der Waals surface area contributed by atoms with Crippen LogP contribution in [0.3, 0.4) is 0 Å². The number of H-pyrrole nitrogens is 1. The maximum absolute atomic E-state index is 12.3. The number of para-hydroxylation sites is 2. The lowest BCUT2D eigenvalue weighted by atomic mass is 9.96. The molecule has 3 aromatic carbocycles. The van der Waals surface area contributed by atoms with Crippen molar-refractivity contribution in [2.45, 2.75) is 25.4 Å². The maximum Gasteiger partial charge on any atom is 0.326 e. The first-order valence-corrected chi connectivity index (χ1v) is 12.0. The summed E-state index contributed by atoms with van der Waals surface area (Å²) >= 11 is 0. The predicted octanol–water partition coefficient (Wildman–Crippen LogP) is 5.16. The number of aromatic amines is 1. The molecule has 1 N–H and O–H groups in total. The normalized spacial score (nSPS) is 15.3. The average Bonchev–Trinajstić information content (AvgIpc) is 3.19. The van der Waals surface area contributed by atoms with Gasteiger partial charge in [-0.15, -0.1) is 24.8 Å². The predicted molar refractivity (Wildman–Crippen MR) is 149 cm³/mol. The Morgan fingerprint density at radius 3 is 2.09 bits per heavy atom. The molecule has 0 aliphatic carbocycles. The van der Waals surface area contributed by atoms with Gasteiger partial charge in [-0.05, 0) is 42.6 Å². The van der Waals surface area contributed by atoms with Crippen LogP contribution in [0.1, 0.15) is 23.6 Å². The molecule has 4 aromatic rings. The van der Waals surface area contributed by atoms with Crippen LogP contribution in [0, 0.1) is 0 Å². The third-order valence-corrected chi connectivity index (χ3v) is 6.84. The second-order valence-corrected chi connectivity index (χ2v) is 8.95. The highest BCUT2D eigenvalue weighted by Gasteiger charge is 2.25. The van der Waals surface area contributed by atoms with Gasteiger partial charge in [0.25, 0.3) is 0 Å². The molecular weight excluding hydrogens is 479 g/mol. The fourth-order valence-corrected chi connectivity index (χ4v) is 5.05. The molecule has 5 rings (SSSR count). The molecule has 1 aliphatic heterocycles. The van der Waals surface area contributed by atoms with Crippen molar-refractivity contribution in [2.75, 3.05) is 32.7 Å². The smallest absolute Gasteiger partial charge is 0.306 e. The number of aromatic nitrogens is 2. The first kappa shape index (κ1) is 27.0. The zero-order chi connectivity index (χ0) is 22.5. The van der Waals surface area contributed by atoms with Crippen molar-refractivity contribution < 1.29 is 0 Å². The van der Waals surface area contributed by atoms with Gasteiger partial charge in [0.1, 0.15) is 0 Å².